The van der Waals surface area contributed by atoms with Gasteiger partial charge in [0.2, 0.25) is 0 Å². The normalized spacial score (nSPS) is 25.8. The topological polar surface area (TPSA) is 62.3 Å². The summed E-state index contributed by atoms with van der Waals surface area (Å²) in [6.07, 6.45) is 1.88. The number of hydrogen-bond donors (Lipinski definition) is 0. The average molecular weight is 341 g/mol. The monoisotopic (exact) mass is 341 g/mol. The Bertz CT molecular complexity index is 432. The molecule has 2 aliphatic heterocycles. The average Bonchev–Trinajstić information content (AvgIpc) is 2.84. The summed E-state index contributed by atoms with van der Waals surface area (Å²) in [5.41, 5.74) is 0. The fraction of sp³-hybridized carbons (Fsp3) is 0.882. The molecule has 0 radical (unpaired) electrons. The van der Waals surface area contributed by atoms with Crippen molar-refractivity contribution in [1.82, 2.24) is 14.7 Å². The first-order valence-electron chi connectivity index (χ1n) is 8.98. The number of rotatable bonds is 9. The molecule has 138 valence electrons. The molecule has 0 spiro atoms. The van der Waals surface area contributed by atoms with Crippen molar-refractivity contribution in [3.63, 3.8) is 0 Å². The molecular weight excluding hydrogens is 310 g/mol. The first-order chi connectivity index (χ1) is 11.6. The van der Waals surface area contributed by atoms with Crippen LogP contribution in [0.3, 0.4) is 0 Å². The third-order valence-corrected chi connectivity index (χ3v) is 4.88. The molecule has 2 saturated heterocycles. The number of ether oxygens (including phenoxy) is 2. The van der Waals surface area contributed by atoms with Gasteiger partial charge in [-0.25, -0.2) is 4.79 Å². The summed E-state index contributed by atoms with van der Waals surface area (Å²) in [6.45, 7) is 9.68. The zero-order valence-electron chi connectivity index (χ0n) is 15.2. The zero-order valence-corrected chi connectivity index (χ0v) is 15.2. The van der Waals surface area contributed by atoms with Crippen molar-refractivity contribution < 1.29 is 19.1 Å². The summed E-state index contributed by atoms with van der Waals surface area (Å²) >= 11 is 0. The molecule has 0 saturated carbocycles. The second kappa shape index (κ2) is 9.34. The molecule has 0 aromatic rings. The number of imide groups is 1. The summed E-state index contributed by atoms with van der Waals surface area (Å²) in [5.74, 6) is 0.221. The van der Waals surface area contributed by atoms with E-state index in [2.05, 4.69) is 11.8 Å². The number of likely N-dealkylation sites (tertiary alicyclic amines) is 1. The lowest BCUT2D eigenvalue weighted by molar-refractivity contribution is -0.128. The van der Waals surface area contributed by atoms with Gasteiger partial charge in [-0.15, -0.1) is 0 Å². The van der Waals surface area contributed by atoms with E-state index in [4.69, 9.17) is 9.47 Å². The molecule has 2 atom stereocenters. The second-order valence-electron chi connectivity index (χ2n) is 6.65. The third-order valence-electron chi connectivity index (χ3n) is 4.88. The van der Waals surface area contributed by atoms with Crippen LogP contribution in [-0.4, -0.2) is 92.3 Å². The molecule has 7 heteroatoms. The molecule has 2 aliphatic rings. The molecule has 0 aromatic carbocycles. The van der Waals surface area contributed by atoms with E-state index in [1.807, 2.05) is 6.92 Å². The molecule has 3 amide bonds. The number of carbonyl (C=O) groups is 2. The number of methoxy groups -OCH3 is 1. The van der Waals surface area contributed by atoms with Crippen LogP contribution in [0, 0.1) is 5.92 Å². The summed E-state index contributed by atoms with van der Waals surface area (Å²) in [7, 11) is 1.60. The number of amides is 3. The van der Waals surface area contributed by atoms with E-state index in [0.29, 0.717) is 19.1 Å². The Hall–Kier alpha value is -1.18. The standard InChI is InChI=1S/C17H31N3O4/c1-4-24-10-5-7-18-8-6-15(14(2)12-18)20-16(21)13-19(17(20)22)9-11-23-3/h14-15H,4-13H2,1-3H3/t14-,15-/m1/s1. The summed E-state index contributed by atoms with van der Waals surface area (Å²) in [5, 5.41) is 0. The molecule has 7 nitrogen and oxygen atoms in total. The molecule has 0 unspecified atom stereocenters. The van der Waals surface area contributed by atoms with Crippen LogP contribution in [0.15, 0.2) is 0 Å². The lowest BCUT2D eigenvalue weighted by atomic mass is 9.92. The van der Waals surface area contributed by atoms with Crippen molar-refractivity contribution in [1.29, 1.82) is 0 Å². The third kappa shape index (κ3) is 4.68. The van der Waals surface area contributed by atoms with Gasteiger partial charge in [0.05, 0.1) is 6.61 Å². The van der Waals surface area contributed by atoms with Crippen LogP contribution >= 0.6 is 0 Å². The Balaban J connectivity index is 1.85. The molecule has 0 aromatic heterocycles. The number of nitrogens with zero attached hydrogens (tertiary/aromatic N) is 3. The van der Waals surface area contributed by atoms with Crippen molar-refractivity contribution in [2.75, 3.05) is 59.7 Å². The van der Waals surface area contributed by atoms with Crippen molar-refractivity contribution in [2.24, 2.45) is 5.92 Å². The molecule has 0 N–H and O–H groups in total. The maximum Gasteiger partial charge on any atom is 0.327 e. The van der Waals surface area contributed by atoms with Crippen molar-refractivity contribution in [3.8, 4) is 0 Å². The molecule has 2 heterocycles. The predicted molar refractivity (Wildman–Crippen MR) is 90.8 cm³/mol. The van der Waals surface area contributed by atoms with Crippen LogP contribution < -0.4 is 0 Å². The fourth-order valence-electron chi connectivity index (χ4n) is 3.61. The highest BCUT2D eigenvalue weighted by Gasteiger charge is 2.43. The minimum absolute atomic E-state index is 0.0145. The first-order valence-corrected chi connectivity index (χ1v) is 8.98. The largest absolute Gasteiger partial charge is 0.383 e. The van der Waals surface area contributed by atoms with Gasteiger partial charge in [0.25, 0.3) is 5.91 Å². The van der Waals surface area contributed by atoms with Crippen molar-refractivity contribution >= 4 is 11.9 Å². The van der Waals surface area contributed by atoms with Gasteiger partial charge < -0.3 is 19.3 Å². The minimum Gasteiger partial charge on any atom is -0.383 e. The molecule has 0 bridgehead atoms. The van der Waals surface area contributed by atoms with Gasteiger partial charge in [-0.3, -0.25) is 9.69 Å². The quantitative estimate of drug-likeness (QED) is 0.463. The lowest BCUT2D eigenvalue weighted by Gasteiger charge is -2.40. The smallest absolute Gasteiger partial charge is 0.327 e. The highest BCUT2D eigenvalue weighted by Crippen LogP contribution is 2.26. The Morgan fingerprint density at radius 1 is 1.21 bits per heavy atom. The minimum atomic E-state index is -0.154. The van der Waals surface area contributed by atoms with Crippen molar-refractivity contribution in [3.05, 3.63) is 0 Å². The number of piperidine rings is 1. The van der Waals surface area contributed by atoms with Gasteiger partial charge in [-0.1, -0.05) is 6.92 Å². The van der Waals surface area contributed by atoms with Crippen LogP contribution in [0.2, 0.25) is 0 Å². The highest BCUT2D eigenvalue weighted by molar-refractivity contribution is 6.02. The molecule has 2 rings (SSSR count). The Kier molecular flexibility index (Phi) is 7.45. The Morgan fingerprint density at radius 3 is 2.67 bits per heavy atom. The summed E-state index contributed by atoms with van der Waals surface area (Å²) in [6, 6.07) is -0.139. The van der Waals surface area contributed by atoms with Crippen LogP contribution in [0.4, 0.5) is 4.79 Å². The van der Waals surface area contributed by atoms with E-state index in [1.165, 1.54) is 4.90 Å². The molecular formula is C17H31N3O4. The number of carbonyl (C=O) groups excluding carboxylic acids is 2. The van der Waals surface area contributed by atoms with E-state index < -0.39 is 0 Å². The Morgan fingerprint density at radius 2 is 2.00 bits per heavy atom. The molecule has 0 aliphatic carbocycles. The van der Waals surface area contributed by atoms with Gasteiger partial charge in [0.1, 0.15) is 6.54 Å². The van der Waals surface area contributed by atoms with Crippen molar-refractivity contribution in [2.45, 2.75) is 32.7 Å². The van der Waals surface area contributed by atoms with Gasteiger partial charge in [0.15, 0.2) is 0 Å². The van der Waals surface area contributed by atoms with Crippen LogP contribution in [-0.2, 0) is 14.3 Å². The van der Waals surface area contributed by atoms with E-state index in [-0.39, 0.29) is 24.5 Å². The zero-order chi connectivity index (χ0) is 17.5. The molecule has 24 heavy (non-hydrogen) atoms. The first kappa shape index (κ1) is 19.1. The highest BCUT2D eigenvalue weighted by atomic mass is 16.5. The summed E-state index contributed by atoms with van der Waals surface area (Å²) < 4.78 is 10.4. The van der Waals surface area contributed by atoms with Crippen LogP contribution in [0.1, 0.15) is 26.7 Å². The van der Waals surface area contributed by atoms with Crippen LogP contribution in [0.5, 0.6) is 0 Å². The molecule has 2 fully saturated rings. The van der Waals surface area contributed by atoms with E-state index in [0.717, 1.165) is 45.7 Å². The van der Waals surface area contributed by atoms with Gasteiger partial charge in [-0.05, 0) is 25.7 Å². The SMILES string of the molecule is CCOCCCN1CC[C@@H](N2C(=O)CN(CCOC)C2=O)[C@H](C)C1. The Labute approximate surface area is 144 Å². The second-order valence-corrected chi connectivity index (χ2v) is 6.65. The van der Waals surface area contributed by atoms with E-state index in [1.54, 1.807) is 12.0 Å². The van der Waals surface area contributed by atoms with E-state index >= 15 is 0 Å². The number of urea groups is 1. The number of hydrogen-bond acceptors (Lipinski definition) is 5. The van der Waals surface area contributed by atoms with Gasteiger partial charge in [-0.2, -0.15) is 0 Å². The maximum atomic E-state index is 12.5. The van der Waals surface area contributed by atoms with Gasteiger partial charge in [0, 0.05) is 52.5 Å². The fourth-order valence-corrected chi connectivity index (χ4v) is 3.61. The van der Waals surface area contributed by atoms with E-state index in [9.17, 15) is 9.59 Å². The van der Waals surface area contributed by atoms with Crippen LogP contribution in [0.25, 0.3) is 0 Å². The lowest BCUT2D eigenvalue weighted by Crippen LogP contribution is -2.52. The maximum absolute atomic E-state index is 12.5. The summed E-state index contributed by atoms with van der Waals surface area (Å²) in [4.78, 5) is 30.4. The van der Waals surface area contributed by atoms with Gasteiger partial charge >= 0.3 is 6.03 Å². The predicted octanol–water partition coefficient (Wildman–Crippen LogP) is 1.03.